The smallest absolute Gasteiger partial charge is 0.184 e. The highest BCUT2D eigenvalue weighted by atomic mass is 16.5. The van der Waals surface area contributed by atoms with Crippen LogP contribution in [-0.4, -0.2) is 24.6 Å². The summed E-state index contributed by atoms with van der Waals surface area (Å²) in [4.78, 5) is 10.1. The Morgan fingerprint density at radius 3 is 2.90 bits per heavy atom. The van der Waals surface area contributed by atoms with Crippen molar-refractivity contribution < 1.29 is 14.6 Å². The van der Waals surface area contributed by atoms with E-state index in [0.717, 1.165) is 5.57 Å². The van der Waals surface area contributed by atoms with Gasteiger partial charge in [0, 0.05) is 0 Å². The van der Waals surface area contributed by atoms with Crippen LogP contribution in [0, 0.1) is 0 Å². The van der Waals surface area contributed by atoms with E-state index in [2.05, 4.69) is 0 Å². The first-order chi connectivity index (χ1) is 4.86. The molecule has 0 bridgehead atoms. The Balaban J connectivity index is 2.64. The van der Waals surface area contributed by atoms with Gasteiger partial charge in [-0.2, -0.15) is 0 Å². The molecule has 1 aliphatic rings. The average Bonchev–Trinajstić information content (AvgIpc) is 2.05. The quantitative estimate of drug-likeness (QED) is 0.550. The molecule has 0 atom stereocenters. The number of hydrogen-bond acceptors (Lipinski definition) is 3. The summed E-state index contributed by atoms with van der Waals surface area (Å²) in [6.45, 7) is 0.309. The maximum absolute atomic E-state index is 10.1. The van der Waals surface area contributed by atoms with E-state index in [4.69, 9.17) is 9.84 Å². The van der Waals surface area contributed by atoms with E-state index in [1.165, 1.54) is 0 Å². The van der Waals surface area contributed by atoms with E-state index in [1.54, 1.807) is 12.2 Å². The van der Waals surface area contributed by atoms with Crippen molar-refractivity contribution in [2.75, 3.05) is 13.2 Å². The molecule has 0 radical (unpaired) electrons. The molecule has 0 aromatic rings. The molecule has 54 valence electrons. The highest BCUT2D eigenvalue weighted by Crippen LogP contribution is 2.06. The SMILES string of the molecule is O=CC1=CC=C(CO)CO1. The maximum Gasteiger partial charge on any atom is 0.184 e. The molecular weight excluding hydrogens is 132 g/mol. The Labute approximate surface area is 58.6 Å². The van der Waals surface area contributed by atoms with Crippen molar-refractivity contribution in [3.05, 3.63) is 23.5 Å². The van der Waals surface area contributed by atoms with Crippen molar-refractivity contribution in [1.82, 2.24) is 0 Å². The van der Waals surface area contributed by atoms with E-state index in [9.17, 15) is 4.79 Å². The molecule has 3 nitrogen and oxygen atoms in total. The number of hydrogen-bond donors (Lipinski definition) is 1. The first-order valence-corrected chi connectivity index (χ1v) is 2.95. The minimum Gasteiger partial charge on any atom is -0.486 e. The lowest BCUT2D eigenvalue weighted by Gasteiger charge is -2.10. The van der Waals surface area contributed by atoms with E-state index >= 15 is 0 Å². The van der Waals surface area contributed by atoms with Gasteiger partial charge in [-0.05, 0) is 11.6 Å². The highest BCUT2D eigenvalue weighted by molar-refractivity contribution is 5.71. The van der Waals surface area contributed by atoms with Crippen LogP contribution < -0.4 is 0 Å². The number of allylic oxidation sites excluding steroid dienone is 3. The van der Waals surface area contributed by atoms with Crippen LogP contribution in [0.5, 0.6) is 0 Å². The first kappa shape index (κ1) is 7.02. The molecular formula is C7H8O3. The molecule has 1 heterocycles. The fraction of sp³-hybridized carbons (Fsp3) is 0.286. The van der Waals surface area contributed by atoms with Gasteiger partial charge in [0.1, 0.15) is 6.61 Å². The molecule has 0 unspecified atom stereocenters. The van der Waals surface area contributed by atoms with Crippen LogP contribution in [-0.2, 0) is 9.53 Å². The normalized spacial score (nSPS) is 16.9. The van der Waals surface area contributed by atoms with Crippen molar-refractivity contribution in [2.45, 2.75) is 0 Å². The number of carbonyl (C=O) groups is 1. The van der Waals surface area contributed by atoms with Crippen LogP contribution in [0.4, 0.5) is 0 Å². The zero-order valence-electron chi connectivity index (χ0n) is 5.41. The fourth-order valence-corrected chi connectivity index (χ4v) is 0.644. The van der Waals surface area contributed by atoms with Gasteiger partial charge in [-0.3, -0.25) is 4.79 Å². The van der Waals surface area contributed by atoms with Crippen LogP contribution in [0.1, 0.15) is 0 Å². The minimum absolute atomic E-state index is 0.0113. The van der Waals surface area contributed by atoms with Gasteiger partial charge in [0.25, 0.3) is 0 Å². The second kappa shape index (κ2) is 3.17. The molecule has 0 saturated carbocycles. The van der Waals surface area contributed by atoms with Gasteiger partial charge in [0.2, 0.25) is 0 Å². The van der Waals surface area contributed by atoms with E-state index in [1.807, 2.05) is 0 Å². The fourth-order valence-electron chi connectivity index (χ4n) is 0.644. The molecule has 0 saturated heterocycles. The number of aliphatic hydroxyl groups is 1. The molecule has 0 aromatic heterocycles. The van der Waals surface area contributed by atoms with Crippen molar-refractivity contribution in [2.24, 2.45) is 0 Å². The van der Waals surface area contributed by atoms with Crippen LogP contribution in [0.25, 0.3) is 0 Å². The predicted molar refractivity (Wildman–Crippen MR) is 35.3 cm³/mol. The third-order valence-corrected chi connectivity index (χ3v) is 1.23. The van der Waals surface area contributed by atoms with Gasteiger partial charge in [0.05, 0.1) is 6.61 Å². The van der Waals surface area contributed by atoms with Crippen LogP contribution in [0.2, 0.25) is 0 Å². The number of aldehydes is 1. The summed E-state index contributed by atoms with van der Waals surface area (Å²) in [5.41, 5.74) is 0.783. The topological polar surface area (TPSA) is 46.5 Å². The summed E-state index contributed by atoms with van der Waals surface area (Å²) in [5.74, 6) is 0.317. The van der Waals surface area contributed by atoms with Crippen LogP contribution in [0.15, 0.2) is 23.5 Å². The summed E-state index contributed by atoms with van der Waals surface area (Å²) in [7, 11) is 0. The van der Waals surface area contributed by atoms with Gasteiger partial charge in [-0.15, -0.1) is 0 Å². The monoisotopic (exact) mass is 140 g/mol. The zero-order chi connectivity index (χ0) is 7.40. The van der Waals surface area contributed by atoms with Crippen molar-refractivity contribution >= 4 is 6.29 Å². The molecule has 0 aromatic carbocycles. The van der Waals surface area contributed by atoms with Crippen LogP contribution >= 0.6 is 0 Å². The molecule has 10 heavy (non-hydrogen) atoms. The van der Waals surface area contributed by atoms with E-state index in [0.29, 0.717) is 18.7 Å². The Hall–Kier alpha value is -1.09. The molecule has 1 N–H and O–H groups in total. The molecule has 0 fully saturated rings. The average molecular weight is 140 g/mol. The summed E-state index contributed by atoms with van der Waals surface area (Å²) in [6.07, 6.45) is 3.87. The number of ether oxygens (including phenoxy) is 1. The highest BCUT2D eigenvalue weighted by Gasteiger charge is 2.03. The van der Waals surface area contributed by atoms with Gasteiger partial charge in [0.15, 0.2) is 12.0 Å². The van der Waals surface area contributed by atoms with Gasteiger partial charge in [-0.25, -0.2) is 0 Å². The Morgan fingerprint density at radius 1 is 1.70 bits per heavy atom. The molecule has 3 heteroatoms. The molecule has 0 amide bonds. The zero-order valence-corrected chi connectivity index (χ0v) is 5.41. The van der Waals surface area contributed by atoms with Gasteiger partial charge < -0.3 is 9.84 Å². The minimum atomic E-state index is -0.0113. The summed E-state index contributed by atoms with van der Waals surface area (Å²) < 4.78 is 4.90. The number of aliphatic hydroxyl groups excluding tert-OH is 1. The molecule has 1 aliphatic heterocycles. The summed E-state index contributed by atoms with van der Waals surface area (Å²) >= 11 is 0. The van der Waals surface area contributed by atoms with Gasteiger partial charge in [-0.1, -0.05) is 6.08 Å². The standard InChI is InChI=1S/C7H8O3/c8-3-6-1-2-7(4-9)10-5-6/h1-2,4,8H,3,5H2. The number of rotatable bonds is 2. The second-order valence-electron chi connectivity index (χ2n) is 1.96. The Morgan fingerprint density at radius 2 is 2.50 bits per heavy atom. The lowest BCUT2D eigenvalue weighted by atomic mass is 10.2. The molecule has 0 aliphatic carbocycles. The predicted octanol–water partition coefficient (Wildman–Crippen LogP) is 0.0181. The summed E-state index contributed by atoms with van der Waals surface area (Å²) in [5, 5.41) is 8.58. The van der Waals surface area contributed by atoms with Gasteiger partial charge >= 0.3 is 0 Å². The Bertz CT molecular complexity index is 191. The van der Waals surface area contributed by atoms with E-state index in [-0.39, 0.29) is 6.61 Å². The van der Waals surface area contributed by atoms with Crippen molar-refractivity contribution in [3.8, 4) is 0 Å². The largest absolute Gasteiger partial charge is 0.486 e. The molecule has 1 rings (SSSR count). The first-order valence-electron chi connectivity index (χ1n) is 2.95. The van der Waals surface area contributed by atoms with Crippen LogP contribution in [0.3, 0.4) is 0 Å². The number of carbonyl (C=O) groups excluding carboxylic acids is 1. The lowest BCUT2D eigenvalue weighted by molar-refractivity contribution is -0.107. The maximum atomic E-state index is 10.1. The lowest BCUT2D eigenvalue weighted by Crippen LogP contribution is -2.06. The second-order valence-corrected chi connectivity index (χ2v) is 1.96. The Kier molecular flexibility index (Phi) is 2.23. The van der Waals surface area contributed by atoms with E-state index < -0.39 is 0 Å². The third kappa shape index (κ3) is 1.45. The third-order valence-electron chi connectivity index (χ3n) is 1.23. The van der Waals surface area contributed by atoms with Crippen molar-refractivity contribution in [1.29, 1.82) is 0 Å². The molecule has 0 spiro atoms. The van der Waals surface area contributed by atoms with Crippen molar-refractivity contribution in [3.63, 3.8) is 0 Å². The summed E-state index contributed by atoms with van der Waals surface area (Å²) in [6, 6.07) is 0.